The summed E-state index contributed by atoms with van der Waals surface area (Å²) in [5, 5.41) is 10.4. The van der Waals surface area contributed by atoms with Gasteiger partial charge in [-0.1, -0.05) is 78.5 Å². The summed E-state index contributed by atoms with van der Waals surface area (Å²) in [7, 11) is 0. The standard InChI is InChI=1S/C27H20F2N4S/c1-2-15-33-26(31-32-27(33)34-17-19-11-8-13-22(28)25(19)29)21-16-24(18-9-4-3-5-10-18)30-23-14-7-6-12-20(21)23/h2-14,16H,1,15,17H2. The molecule has 4 nitrogen and oxygen atoms in total. The first-order chi connectivity index (χ1) is 16.7. The lowest BCUT2D eigenvalue weighted by Crippen LogP contribution is -2.02. The maximum absolute atomic E-state index is 14.1. The number of allylic oxidation sites excluding steroid dienone is 1. The zero-order valence-electron chi connectivity index (χ0n) is 18.2. The molecule has 0 saturated carbocycles. The Morgan fingerprint density at radius 2 is 1.71 bits per heavy atom. The van der Waals surface area contributed by atoms with Gasteiger partial charge in [0, 0.05) is 34.4 Å². The van der Waals surface area contributed by atoms with Crippen molar-refractivity contribution in [3.05, 3.63) is 109 Å². The van der Waals surface area contributed by atoms with Crippen molar-refractivity contribution in [3.63, 3.8) is 0 Å². The molecule has 0 fully saturated rings. The van der Waals surface area contributed by atoms with E-state index in [1.165, 1.54) is 17.8 Å². The number of rotatable bonds is 7. The van der Waals surface area contributed by atoms with Crippen LogP contribution in [-0.2, 0) is 12.3 Å². The maximum Gasteiger partial charge on any atom is 0.192 e. The maximum atomic E-state index is 14.1. The molecule has 2 heterocycles. The number of hydrogen-bond donors (Lipinski definition) is 0. The Kier molecular flexibility index (Phi) is 6.18. The predicted molar refractivity (Wildman–Crippen MR) is 132 cm³/mol. The Morgan fingerprint density at radius 1 is 0.912 bits per heavy atom. The van der Waals surface area contributed by atoms with Crippen LogP contribution in [0, 0.1) is 11.6 Å². The van der Waals surface area contributed by atoms with E-state index in [9.17, 15) is 8.78 Å². The molecule has 0 bridgehead atoms. The molecule has 0 spiro atoms. The van der Waals surface area contributed by atoms with Gasteiger partial charge in [0.1, 0.15) is 0 Å². The van der Waals surface area contributed by atoms with Crippen LogP contribution in [0.2, 0.25) is 0 Å². The Labute approximate surface area is 200 Å². The molecule has 7 heteroatoms. The summed E-state index contributed by atoms with van der Waals surface area (Å²) in [5.74, 6) is -0.802. The van der Waals surface area contributed by atoms with Crippen molar-refractivity contribution >= 4 is 22.7 Å². The third-order valence-electron chi connectivity index (χ3n) is 5.44. The molecule has 5 rings (SSSR count). The van der Waals surface area contributed by atoms with Gasteiger partial charge in [-0.25, -0.2) is 13.8 Å². The summed E-state index contributed by atoms with van der Waals surface area (Å²) in [4.78, 5) is 4.85. The minimum absolute atomic E-state index is 0.227. The van der Waals surface area contributed by atoms with Crippen molar-refractivity contribution in [3.8, 4) is 22.6 Å². The van der Waals surface area contributed by atoms with Gasteiger partial charge in [-0.15, -0.1) is 16.8 Å². The molecule has 5 aromatic rings. The molecule has 0 amide bonds. The highest BCUT2D eigenvalue weighted by Gasteiger charge is 2.18. The number of pyridine rings is 1. The number of halogens is 2. The molecule has 0 aliphatic heterocycles. The van der Waals surface area contributed by atoms with E-state index in [0.29, 0.717) is 17.5 Å². The van der Waals surface area contributed by atoms with E-state index >= 15 is 0 Å². The lowest BCUT2D eigenvalue weighted by atomic mass is 10.0. The number of para-hydroxylation sites is 1. The molecule has 34 heavy (non-hydrogen) atoms. The van der Waals surface area contributed by atoms with Gasteiger partial charge < -0.3 is 0 Å². The van der Waals surface area contributed by atoms with Gasteiger partial charge in [-0.2, -0.15) is 0 Å². The molecule has 168 valence electrons. The van der Waals surface area contributed by atoms with E-state index < -0.39 is 11.6 Å². The average molecular weight is 471 g/mol. The van der Waals surface area contributed by atoms with Crippen LogP contribution >= 0.6 is 11.8 Å². The average Bonchev–Trinajstić information content (AvgIpc) is 3.27. The fourth-order valence-corrected chi connectivity index (χ4v) is 4.73. The summed E-state index contributed by atoms with van der Waals surface area (Å²) >= 11 is 1.30. The third-order valence-corrected chi connectivity index (χ3v) is 6.46. The van der Waals surface area contributed by atoms with Crippen LogP contribution in [0.3, 0.4) is 0 Å². The van der Waals surface area contributed by atoms with Crippen molar-refractivity contribution in [2.75, 3.05) is 0 Å². The topological polar surface area (TPSA) is 43.6 Å². The van der Waals surface area contributed by atoms with Crippen LogP contribution in [-0.4, -0.2) is 19.7 Å². The Morgan fingerprint density at radius 3 is 2.53 bits per heavy atom. The van der Waals surface area contributed by atoms with Crippen LogP contribution in [0.4, 0.5) is 8.78 Å². The monoisotopic (exact) mass is 470 g/mol. The van der Waals surface area contributed by atoms with Gasteiger partial charge in [0.25, 0.3) is 0 Å². The molecule has 2 aromatic heterocycles. The molecule has 0 unspecified atom stereocenters. The minimum atomic E-state index is -0.858. The summed E-state index contributed by atoms with van der Waals surface area (Å²) in [5.41, 5.74) is 3.85. The van der Waals surface area contributed by atoms with Crippen molar-refractivity contribution in [2.45, 2.75) is 17.5 Å². The second-order valence-corrected chi connectivity index (χ2v) is 8.59. The van der Waals surface area contributed by atoms with Gasteiger partial charge in [-0.3, -0.25) is 4.57 Å². The fourth-order valence-electron chi connectivity index (χ4n) is 3.81. The molecular weight excluding hydrogens is 450 g/mol. The Bertz CT molecular complexity index is 1480. The lowest BCUT2D eigenvalue weighted by molar-refractivity contribution is 0.502. The van der Waals surface area contributed by atoms with E-state index in [0.717, 1.165) is 33.8 Å². The zero-order chi connectivity index (χ0) is 23.5. The normalized spacial score (nSPS) is 11.1. The van der Waals surface area contributed by atoms with Gasteiger partial charge in [0.05, 0.1) is 11.2 Å². The molecular formula is C27H20F2N4S. The SMILES string of the molecule is C=CCn1c(SCc2cccc(F)c2F)nnc1-c1cc(-c2ccccc2)nc2ccccc12. The van der Waals surface area contributed by atoms with Crippen LogP contribution in [0.15, 0.2) is 96.7 Å². The van der Waals surface area contributed by atoms with Gasteiger partial charge in [0.2, 0.25) is 0 Å². The summed E-state index contributed by atoms with van der Waals surface area (Å²) < 4.78 is 29.7. The molecule has 3 aromatic carbocycles. The van der Waals surface area contributed by atoms with E-state index in [2.05, 4.69) is 16.8 Å². The first-order valence-electron chi connectivity index (χ1n) is 10.7. The molecule has 0 aliphatic carbocycles. The second kappa shape index (κ2) is 9.57. The van der Waals surface area contributed by atoms with Crippen LogP contribution < -0.4 is 0 Å². The molecule has 0 saturated heterocycles. The summed E-state index contributed by atoms with van der Waals surface area (Å²) in [6.45, 7) is 4.34. The summed E-state index contributed by atoms with van der Waals surface area (Å²) in [6, 6.07) is 24.1. The first-order valence-corrected chi connectivity index (χ1v) is 11.7. The number of thioether (sulfide) groups is 1. The molecule has 0 radical (unpaired) electrons. The smallest absolute Gasteiger partial charge is 0.192 e. The number of benzene rings is 3. The number of aromatic nitrogens is 4. The highest BCUT2D eigenvalue weighted by Crippen LogP contribution is 2.33. The van der Waals surface area contributed by atoms with Gasteiger partial charge in [0.15, 0.2) is 22.6 Å². The Hall–Kier alpha value is -3.84. The van der Waals surface area contributed by atoms with Crippen LogP contribution in [0.5, 0.6) is 0 Å². The quantitative estimate of drug-likeness (QED) is 0.191. The highest BCUT2D eigenvalue weighted by molar-refractivity contribution is 7.98. The predicted octanol–water partition coefficient (Wildman–Crippen LogP) is 6.92. The molecule has 0 aliphatic rings. The van der Waals surface area contributed by atoms with Crippen molar-refractivity contribution in [1.29, 1.82) is 0 Å². The summed E-state index contributed by atoms with van der Waals surface area (Å²) in [6.07, 6.45) is 1.77. The highest BCUT2D eigenvalue weighted by atomic mass is 32.2. The van der Waals surface area contributed by atoms with Crippen molar-refractivity contribution in [1.82, 2.24) is 19.7 Å². The molecule has 0 N–H and O–H groups in total. The third kappa shape index (κ3) is 4.22. The van der Waals surface area contributed by atoms with Gasteiger partial charge in [-0.05, 0) is 18.2 Å². The molecule has 0 atom stereocenters. The number of hydrogen-bond acceptors (Lipinski definition) is 4. The number of nitrogens with zero attached hydrogens (tertiary/aromatic N) is 4. The first kappa shape index (κ1) is 22.0. The van der Waals surface area contributed by atoms with Crippen LogP contribution in [0.25, 0.3) is 33.5 Å². The van der Waals surface area contributed by atoms with E-state index in [1.54, 1.807) is 12.1 Å². The van der Waals surface area contributed by atoms with Crippen LogP contribution in [0.1, 0.15) is 5.56 Å². The van der Waals surface area contributed by atoms with E-state index in [-0.39, 0.29) is 11.3 Å². The van der Waals surface area contributed by atoms with Gasteiger partial charge >= 0.3 is 0 Å². The van der Waals surface area contributed by atoms with E-state index in [1.807, 2.05) is 65.2 Å². The van der Waals surface area contributed by atoms with E-state index in [4.69, 9.17) is 4.98 Å². The van der Waals surface area contributed by atoms with Crippen molar-refractivity contribution in [2.24, 2.45) is 0 Å². The largest absolute Gasteiger partial charge is 0.298 e. The Balaban J connectivity index is 1.60. The zero-order valence-corrected chi connectivity index (χ0v) is 19.0. The second-order valence-electron chi connectivity index (χ2n) is 7.65. The fraction of sp³-hybridized carbons (Fsp3) is 0.0741. The number of fused-ring (bicyclic) bond motifs is 1. The minimum Gasteiger partial charge on any atom is -0.298 e. The lowest BCUT2D eigenvalue weighted by Gasteiger charge is -2.12. The van der Waals surface area contributed by atoms with Crippen molar-refractivity contribution < 1.29 is 8.78 Å².